The summed E-state index contributed by atoms with van der Waals surface area (Å²) >= 11 is 0. The van der Waals surface area contributed by atoms with Crippen molar-refractivity contribution < 1.29 is 14.3 Å². The summed E-state index contributed by atoms with van der Waals surface area (Å²) in [6.45, 7) is 8.68. The molecule has 1 saturated heterocycles. The Morgan fingerprint density at radius 2 is 2.05 bits per heavy atom. The molecule has 2 rings (SSSR count). The van der Waals surface area contributed by atoms with E-state index in [0.29, 0.717) is 18.2 Å². The zero-order valence-corrected chi connectivity index (χ0v) is 13.8. The fourth-order valence-electron chi connectivity index (χ4n) is 2.86. The molecular formula is C16H30N2O3. The third kappa shape index (κ3) is 5.83. The third-order valence-corrected chi connectivity index (χ3v) is 3.92. The first-order valence-electron chi connectivity index (χ1n) is 8.24. The lowest BCUT2D eigenvalue weighted by atomic mass is 10.00. The Bertz CT molecular complexity index is 352. The minimum atomic E-state index is -0.435. The molecule has 2 fully saturated rings. The van der Waals surface area contributed by atoms with Crippen molar-refractivity contribution in [3.63, 3.8) is 0 Å². The topological polar surface area (TPSA) is 59.6 Å². The first kappa shape index (κ1) is 16.6. The molecule has 0 aromatic heterocycles. The fraction of sp³-hybridized carbons (Fsp3) is 0.938. The largest absolute Gasteiger partial charge is 0.444 e. The van der Waals surface area contributed by atoms with Crippen LogP contribution in [0.2, 0.25) is 0 Å². The molecule has 1 amide bonds. The Labute approximate surface area is 128 Å². The number of rotatable bonds is 5. The Kier molecular flexibility index (Phi) is 5.49. The second-order valence-electron chi connectivity index (χ2n) is 7.26. The highest BCUT2D eigenvalue weighted by atomic mass is 16.6. The molecule has 2 aliphatic rings. The normalized spacial score (nSPS) is 32.6. The number of alkyl carbamates (subject to hydrolysis) is 1. The van der Waals surface area contributed by atoms with Crippen LogP contribution in [-0.2, 0) is 9.47 Å². The molecule has 4 unspecified atom stereocenters. The van der Waals surface area contributed by atoms with Gasteiger partial charge in [-0.25, -0.2) is 4.79 Å². The molecule has 21 heavy (non-hydrogen) atoms. The zero-order chi connectivity index (χ0) is 15.5. The molecule has 1 saturated carbocycles. The van der Waals surface area contributed by atoms with Gasteiger partial charge in [0.2, 0.25) is 0 Å². The lowest BCUT2D eigenvalue weighted by Gasteiger charge is -2.30. The van der Waals surface area contributed by atoms with E-state index in [1.807, 2.05) is 20.8 Å². The minimum absolute atomic E-state index is 0.215. The van der Waals surface area contributed by atoms with Gasteiger partial charge in [-0.3, -0.25) is 0 Å². The number of amides is 1. The van der Waals surface area contributed by atoms with Gasteiger partial charge in [0.25, 0.3) is 0 Å². The van der Waals surface area contributed by atoms with Crippen molar-refractivity contribution in [1.82, 2.24) is 10.6 Å². The summed E-state index contributed by atoms with van der Waals surface area (Å²) in [4.78, 5) is 11.7. The highest BCUT2D eigenvalue weighted by Crippen LogP contribution is 2.26. The summed E-state index contributed by atoms with van der Waals surface area (Å²) in [7, 11) is 0. The summed E-state index contributed by atoms with van der Waals surface area (Å²) in [5, 5.41) is 6.58. The molecule has 5 heteroatoms. The first-order chi connectivity index (χ1) is 9.87. The van der Waals surface area contributed by atoms with Gasteiger partial charge in [0, 0.05) is 24.7 Å². The van der Waals surface area contributed by atoms with Gasteiger partial charge in [-0.2, -0.15) is 0 Å². The highest BCUT2D eigenvalue weighted by molar-refractivity contribution is 5.68. The third-order valence-electron chi connectivity index (χ3n) is 3.92. The second-order valence-corrected chi connectivity index (χ2v) is 7.26. The van der Waals surface area contributed by atoms with E-state index in [1.54, 1.807) is 0 Å². The molecule has 1 aliphatic heterocycles. The Balaban J connectivity index is 1.66. The van der Waals surface area contributed by atoms with Crippen molar-refractivity contribution in [3.8, 4) is 0 Å². The van der Waals surface area contributed by atoms with E-state index in [9.17, 15) is 4.79 Å². The van der Waals surface area contributed by atoms with Gasteiger partial charge in [-0.1, -0.05) is 13.3 Å². The Morgan fingerprint density at radius 3 is 2.71 bits per heavy atom. The smallest absolute Gasteiger partial charge is 0.407 e. The monoisotopic (exact) mass is 298 g/mol. The van der Waals surface area contributed by atoms with E-state index >= 15 is 0 Å². The molecule has 4 atom stereocenters. The van der Waals surface area contributed by atoms with Crippen molar-refractivity contribution in [1.29, 1.82) is 0 Å². The van der Waals surface area contributed by atoms with Gasteiger partial charge in [-0.15, -0.1) is 0 Å². The summed E-state index contributed by atoms with van der Waals surface area (Å²) in [6.07, 6.45) is 5.55. The first-order valence-corrected chi connectivity index (χ1v) is 8.24. The highest BCUT2D eigenvalue weighted by Gasteiger charge is 2.41. The van der Waals surface area contributed by atoms with Crippen molar-refractivity contribution in [2.75, 3.05) is 6.61 Å². The van der Waals surface area contributed by atoms with E-state index in [-0.39, 0.29) is 12.1 Å². The van der Waals surface area contributed by atoms with Crippen molar-refractivity contribution in [3.05, 3.63) is 0 Å². The molecule has 0 bridgehead atoms. The van der Waals surface area contributed by atoms with E-state index in [2.05, 4.69) is 17.6 Å². The Morgan fingerprint density at radius 1 is 1.29 bits per heavy atom. The van der Waals surface area contributed by atoms with Crippen LogP contribution in [0.5, 0.6) is 0 Å². The SMILES string of the molecule is CCCC1CC(NC2CC2NC(=O)OC(C)(C)C)CCO1. The number of hydrogen-bond donors (Lipinski definition) is 2. The molecule has 0 aromatic carbocycles. The van der Waals surface area contributed by atoms with Gasteiger partial charge in [0.1, 0.15) is 5.60 Å². The van der Waals surface area contributed by atoms with Crippen molar-refractivity contribution >= 4 is 6.09 Å². The van der Waals surface area contributed by atoms with Crippen LogP contribution in [0.4, 0.5) is 4.79 Å². The van der Waals surface area contributed by atoms with Gasteiger partial charge in [-0.05, 0) is 46.5 Å². The van der Waals surface area contributed by atoms with Crippen LogP contribution in [-0.4, -0.2) is 42.5 Å². The predicted octanol–water partition coefficient (Wildman–Crippen LogP) is 2.59. The fourth-order valence-corrected chi connectivity index (χ4v) is 2.86. The van der Waals surface area contributed by atoms with E-state index in [0.717, 1.165) is 32.3 Å². The zero-order valence-electron chi connectivity index (χ0n) is 13.8. The molecule has 1 heterocycles. The molecule has 0 aromatic rings. The summed E-state index contributed by atoms with van der Waals surface area (Å²) in [6, 6.07) is 1.13. The Hall–Kier alpha value is -0.810. The van der Waals surface area contributed by atoms with Gasteiger partial charge in [0.05, 0.1) is 6.10 Å². The molecule has 122 valence electrons. The number of carbonyl (C=O) groups is 1. The van der Waals surface area contributed by atoms with Crippen molar-refractivity contribution in [2.24, 2.45) is 0 Å². The summed E-state index contributed by atoms with van der Waals surface area (Å²) in [5.41, 5.74) is -0.435. The standard InChI is InChI=1S/C16H30N2O3/c1-5-6-12-9-11(7-8-20-12)17-13-10-14(13)18-15(19)21-16(2,3)4/h11-14,17H,5-10H2,1-4H3,(H,18,19). The number of carbonyl (C=O) groups excluding carboxylic acids is 1. The number of hydrogen-bond acceptors (Lipinski definition) is 4. The maximum absolute atomic E-state index is 11.7. The van der Waals surface area contributed by atoms with Crippen LogP contribution in [0.15, 0.2) is 0 Å². The number of nitrogens with one attached hydrogen (secondary N) is 2. The molecule has 2 N–H and O–H groups in total. The lowest BCUT2D eigenvalue weighted by molar-refractivity contribution is -0.00362. The maximum atomic E-state index is 11.7. The molecule has 1 aliphatic carbocycles. The average Bonchev–Trinajstić information content (AvgIpc) is 3.05. The second kappa shape index (κ2) is 6.97. The maximum Gasteiger partial charge on any atom is 0.407 e. The van der Waals surface area contributed by atoms with E-state index in [1.165, 1.54) is 6.42 Å². The van der Waals surface area contributed by atoms with Crippen LogP contribution in [0.3, 0.4) is 0 Å². The van der Waals surface area contributed by atoms with Crippen LogP contribution >= 0.6 is 0 Å². The van der Waals surface area contributed by atoms with Crippen LogP contribution in [0.1, 0.15) is 59.8 Å². The van der Waals surface area contributed by atoms with Crippen molar-refractivity contribution in [2.45, 2.75) is 89.6 Å². The predicted molar refractivity (Wildman–Crippen MR) is 82.4 cm³/mol. The summed E-state index contributed by atoms with van der Waals surface area (Å²) in [5.74, 6) is 0. The number of ether oxygens (including phenoxy) is 2. The van der Waals surface area contributed by atoms with E-state index in [4.69, 9.17) is 9.47 Å². The van der Waals surface area contributed by atoms with Crippen LogP contribution in [0.25, 0.3) is 0 Å². The van der Waals surface area contributed by atoms with Crippen LogP contribution < -0.4 is 10.6 Å². The molecule has 0 radical (unpaired) electrons. The molecule has 0 spiro atoms. The van der Waals surface area contributed by atoms with Crippen LogP contribution in [0, 0.1) is 0 Å². The quantitative estimate of drug-likeness (QED) is 0.819. The summed E-state index contributed by atoms with van der Waals surface area (Å²) < 4.78 is 11.0. The minimum Gasteiger partial charge on any atom is -0.444 e. The average molecular weight is 298 g/mol. The van der Waals surface area contributed by atoms with E-state index < -0.39 is 5.60 Å². The molecule has 5 nitrogen and oxygen atoms in total. The van der Waals surface area contributed by atoms with Gasteiger partial charge in [0.15, 0.2) is 0 Å². The van der Waals surface area contributed by atoms with Gasteiger partial charge < -0.3 is 20.1 Å². The lowest BCUT2D eigenvalue weighted by Crippen LogP contribution is -2.43. The van der Waals surface area contributed by atoms with Gasteiger partial charge >= 0.3 is 6.09 Å². The molecular weight excluding hydrogens is 268 g/mol.